The van der Waals surface area contributed by atoms with Crippen molar-refractivity contribution in [3.05, 3.63) is 89.7 Å². The maximum atomic E-state index is 12.5. The van der Waals surface area contributed by atoms with Crippen LogP contribution < -0.4 is 14.4 Å². The monoisotopic (exact) mass is 472 g/mol. The largest absolute Gasteiger partial charge is 0.492 e. The average Bonchev–Trinajstić information content (AvgIpc) is 3.30. The van der Waals surface area contributed by atoms with Gasteiger partial charge in [-0.3, -0.25) is 0 Å². The molecule has 7 heteroatoms. The lowest BCUT2D eigenvalue weighted by Crippen LogP contribution is -2.23. The number of benzene rings is 3. The van der Waals surface area contributed by atoms with Crippen molar-refractivity contribution < 1.29 is 23.4 Å². The zero-order chi connectivity index (χ0) is 24.6. The van der Waals surface area contributed by atoms with Crippen LogP contribution in [0.3, 0.4) is 0 Å². The van der Waals surface area contributed by atoms with Crippen LogP contribution in [-0.2, 0) is 9.53 Å². The second-order valence-electron chi connectivity index (χ2n) is 7.90. The minimum Gasteiger partial charge on any atom is -0.492 e. The molecule has 1 aromatic heterocycles. The minimum atomic E-state index is -0.515. The van der Waals surface area contributed by atoms with Crippen LogP contribution >= 0.6 is 0 Å². The highest BCUT2D eigenvalue weighted by Crippen LogP contribution is 2.23. The van der Waals surface area contributed by atoms with Gasteiger partial charge in [0.25, 0.3) is 6.01 Å². The normalized spacial score (nSPS) is 11.3. The number of oxazole rings is 1. The van der Waals surface area contributed by atoms with Gasteiger partial charge >= 0.3 is 5.97 Å². The van der Waals surface area contributed by atoms with Crippen LogP contribution in [0.4, 0.5) is 6.01 Å². The number of para-hydroxylation sites is 3. The Hall–Kier alpha value is -4.26. The lowest BCUT2D eigenvalue weighted by Gasteiger charge is -2.15. The first-order chi connectivity index (χ1) is 17.0. The van der Waals surface area contributed by atoms with E-state index in [2.05, 4.69) is 4.98 Å². The predicted octanol–water partition coefficient (Wildman–Crippen LogP) is 5.63. The number of carbonyl (C=O) groups is 1. The first-order valence-corrected chi connectivity index (χ1v) is 11.5. The summed E-state index contributed by atoms with van der Waals surface area (Å²) in [6, 6.07) is 23.2. The summed E-state index contributed by atoms with van der Waals surface area (Å²) in [5.41, 5.74) is 3.30. The maximum absolute atomic E-state index is 12.5. The summed E-state index contributed by atoms with van der Waals surface area (Å²) in [5, 5.41) is 0. The molecule has 0 N–H and O–H groups in total. The SMILES string of the molecule is CCOC(=O)C(=Cc1ccc(OCCN(C)c2nc3ccccc3o2)cc1)Oc1ccccc1C. The summed E-state index contributed by atoms with van der Waals surface area (Å²) in [4.78, 5) is 18.8. The van der Waals surface area contributed by atoms with Gasteiger partial charge in [-0.15, -0.1) is 0 Å². The van der Waals surface area contributed by atoms with Gasteiger partial charge in [0.05, 0.1) is 13.2 Å². The van der Waals surface area contributed by atoms with E-state index in [0.29, 0.717) is 30.7 Å². The van der Waals surface area contributed by atoms with E-state index in [-0.39, 0.29) is 12.4 Å². The van der Waals surface area contributed by atoms with Gasteiger partial charge in [-0.2, -0.15) is 4.98 Å². The molecule has 0 aliphatic rings. The molecular weight excluding hydrogens is 444 g/mol. The maximum Gasteiger partial charge on any atom is 0.374 e. The molecule has 0 saturated heterocycles. The van der Waals surface area contributed by atoms with Gasteiger partial charge < -0.3 is 23.5 Å². The Bertz CT molecular complexity index is 1280. The topological polar surface area (TPSA) is 74.0 Å². The van der Waals surface area contributed by atoms with Crippen LogP contribution in [0.2, 0.25) is 0 Å². The number of rotatable bonds is 10. The van der Waals surface area contributed by atoms with E-state index in [1.807, 2.05) is 91.7 Å². The summed E-state index contributed by atoms with van der Waals surface area (Å²) < 4.78 is 22.7. The van der Waals surface area contributed by atoms with Gasteiger partial charge in [0.2, 0.25) is 5.76 Å². The summed E-state index contributed by atoms with van der Waals surface area (Å²) in [5.74, 6) is 0.925. The Morgan fingerprint density at radius 2 is 1.77 bits per heavy atom. The quantitative estimate of drug-likeness (QED) is 0.168. The van der Waals surface area contributed by atoms with E-state index in [4.69, 9.17) is 18.6 Å². The fourth-order valence-corrected chi connectivity index (χ4v) is 3.35. The predicted molar refractivity (Wildman–Crippen MR) is 136 cm³/mol. The molecule has 4 rings (SSSR count). The van der Waals surface area contributed by atoms with Crippen molar-refractivity contribution in [3.8, 4) is 11.5 Å². The molecule has 7 nitrogen and oxygen atoms in total. The average molecular weight is 473 g/mol. The molecule has 3 aromatic carbocycles. The van der Waals surface area contributed by atoms with Crippen molar-refractivity contribution in [3.63, 3.8) is 0 Å². The van der Waals surface area contributed by atoms with Crippen LogP contribution in [0.1, 0.15) is 18.1 Å². The summed E-state index contributed by atoms with van der Waals surface area (Å²) in [6.45, 7) is 5.00. The second-order valence-corrected chi connectivity index (χ2v) is 7.90. The molecule has 4 aromatic rings. The third-order valence-corrected chi connectivity index (χ3v) is 5.27. The zero-order valence-corrected chi connectivity index (χ0v) is 20.1. The van der Waals surface area contributed by atoms with Crippen LogP contribution in [0.15, 0.2) is 83.0 Å². The second kappa shape index (κ2) is 11.2. The van der Waals surface area contributed by atoms with Crippen molar-refractivity contribution >= 4 is 29.2 Å². The number of ether oxygens (including phenoxy) is 3. The molecule has 0 radical (unpaired) electrons. The van der Waals surface area contributed by atoms with Crippen molar-refractivity contribution in [2.24, 2.45) is 0 Å². The smallest absolute Gasteiger partial charge is 0.374 e. The van der Waals surface area contributed by atoms with Crippen LogP contribution in [0.5, 0.6) is 11.5 Å². The Morgan fingerprint density at radius 3 is 2.51 bits per heavy atom. The van der Waals surface area contributed by atoms with Crippen molar-refractivity contribution in [2.75, 3.05) is 31.7 Å². The molecule has 0 aliphatic heterocycles. The van der Waals surface area contributed by atoms with E-state index < -0.39 is 5.97 Å². The molecule has 0 bridgehead atoms. The van der Waals surface area contributed by atoms with E-state index in [1.54, 1.807) is 13.0 Å². The highest BCUT2D eigenvalue weighted by atomic mass is 16.6. The van der Waals surface area contributed by atoms with E-state index in [1.165, 1.54) is 0 Å². The van der Waals surface area contributed by atoms with Gasteiger partial charge in [0.15, 0.2) is 5.58 Å². The van der Waals surface area contributed by atoms with Crippen LogP contribution in [0.25, 0.3) is 17.2 Å². The molecule has 35 heavy (non-hydrogen) atoms. The third kappa shape index (κ3) is 6.20. The summed E-state index contributed by atoms with van der Waals surface area (Å²) in [7, 11) is 1.91. The zero-order valence-electron chi connectivity index (χ0n) is 20.1. The molecule has 0 aliphatic carbocycles. The van der Waals surface area contributed by atoms with Crippen LogP contribution in [-0.4, -0.2) is 37.8 Å². The van der Waals surface area contributed by atoms with Gasteiger partial charge in [0.1, 0.15) is 23.6 Å². The minimum absolute atomic E-state index is 0.120. The number of hydrogen-bond acceptors (Lipinski definition) is 7. The molecule has 0 unspecified atom stereocenters. The van der Waals surface area contributed by atoms with Gasteiger partial charge in [-0.25, -0.2) is 4.79 Å². The standard InChI is InChI=1S/C28H28N2O5/c1-4-32-27(31)26(34-24-11-7-5-9-20(24)2)19-21-13-15-22(16-14-21)33-18-17-30(3)28-29-23-10-6-8-12-25(23)35-28/h5-16,19H,4,17-18H2,1-3H3. The lowest BCUT2D eigenvalue weighted by atomic mass is 10.2. The summed E-state index contributed by atoms with van der Waals surface area (Å²) in [6.07, 6.45) is 1.66. The van der Waals surface area contributed by atoms with Gasteiger partial charge in [-0.1, -0.05) is 42.5 Å². The Balaban J connectivity index is 1.38. The number of likely N-dealkylation sites (N-methyl/N-ethyl adjacent to an activating group) is 1. The molecule has 0 spiro atoms. The van der Waals surface area contributed by atoms with Crippen molar-refractivity contribution in [1.82, 2.24) is 4.98 Å². The first kappa shape index (κ1) is 23.9. The fourth-order valence-electron chi connectivity index (χ4n) is 3.35. The molecule has 0 fully saturated rings. The highest BCUT2D eigenvalue weighted by molar-refractivity contribution is 5.92. The molecule has 0 atom stereocenters. The third-order valence-electron chi connectivity index (χ3n) is 5.27. The summed E-state index contributed by atoms with van der Waals surface area (Å²) >= 11 is 0. The van der Waals surface area contributed by atoms with Gasteiger partial charge in [0, 0.05) is 7.05 Å². The number of aryl methyl sites for hydroxylation is 1. The van der Waals surface area contributed by atoms with E-state index in [9.17, 15) is 4.79 Å². The fraction of sp³-hybridized carbons (Fsp3) is 0.214. The molecule has 1 heterocycles. The van der Waals surface area contributed by atoms with E-state index >= 15 is 0 Å². The molecular formula is C28H28N2O5. The Kier molecular flexibility index (Phi) is 7.67. The van der Waals surface area contributed by atoms with Gasteiger partial charge in [-0.05, 0) is 61.4 Å². The first-order valence-electron chi connectivity index (χ1n) is 11.5. The number of fused-ring (bicyclic) bond motifs is 1. The molecule has 180 valence electrons. The highest BCUT2D eigenvalue weighted by Gasteiger charge is 2.15. The molecule has 0 amide bonds. The van der Waals surface area contributed by atoms with Crippen molar-refractivity contribution in [1.29, 1.82) is 0 Å². The van der Waals surface area contributed by atoms with Crippen molar-refractivity contribution in [2.45, 2.75) is 13.8 Å². The number of hydrogen-bond donors (Lipinski definition) is 0. The number of aromatic nitrogens is 1. The Labute approximate surface area is 204 Å². The van der Waals surface area contributed by atoms with Crippen LogP contribution in [0, 0.1) is 6.92 Å². The van der Waals surface area contributed by atoms with E-state index in [0.717, 1.165) is 22.2 Å². The number of esters is 1. The Morgan fingerprint density at radius 1 is 1.03 bits per heavy atom. The number of nitrogens with zero attached hydrogens (tertiary/aromatic N) is 2. The number of carbonyl (C=O) groups excluding carboxylic acids is 1. The lowest BCUT2D eigenvalue weighted by molar-refractivity contribution is -0.140. The molecule has 0 saturated carbocycles. The number of anilines is 1.